The van der Waals surface area contributed by atoms with Crippen LogP contribution in [0.25, 0.3) is 0 Å². The summed E-state index contributed by atoms with van der Waals surface area (Å²) >= 11 is 6.71. The minimum atomic E-state index is 0.865. The van der Waals surface area contributed by atoms with Gasteiger partial charge in [0, 0.05) is 0 Å². The molecule has 1 rings (SSSR count). The van der Waals surface area contributed by atoms with Gasteiger partial charge in [-0.25, -0.2) is 0 Å². The summed E-state index contributed by atoms with van der Waals surface area (Å²) in [5, 5.41) is 3.82. The van der Waals surface area contributed by atoms with E-state index in [-0.39, 0.29) is 0 Å². The van der Waals surface area contributed by atoms with Crippen LogP contribution >= 0.6 is 11.6 Å². The molecule has 0 atom stereocenters. The summed E-state index contributed by atoms with van der Waals surface area (Å²) in [4.78, 5) is 0. The Morgan fingerprint density at radius 2 is 2.44 bits per heavy atom. The van der Waals surface area contributed by atoms with Crippen molar-refractivity contribution in [1.29, 1.82) is 0 Å². The molecule has 1 saturated heterocycles. The van der Waals surface area contributed by atoms with Gasteiger partial charge in [0.1, 0.15) is 0 Å². The van der Waals surface area contributed by atoms with E-state index in [0.717, 1.165) is 20.0 Å². The van der Waals surface area contributed by atoms with Gasteiger partial charge in [-0.2, -0.15) is 0 Å². The second-order valence-corrected chi connectivity index (χ2v) is 5.18. The molecule has 1 heterocycles. The van der Waals surface area contributed by atoms with Gasteiger partial charge in [0.05, 0.1) is 0 Å². The van der Waals surface area contributed by atoms with Crippen LogP contribution in [0.5, 0.6) is 0 Å². The fourth-order valence-electron chi connectivity index (χ4n) is 0.927. The second kappa shape index (κ2) is 3.65. The van der Waals surface area contributed by atoms with E-state index < -0.39 is 0 Å². The number of allylic oxidation sites excluding steroid dienone is 2. The molecule has 1 aliphatic rings. The van der Waals surface area contributed by atoms with E-state index in [1.54, 1.807) is 0 Å². The maximum atomic E-state index is 5.85. The fraction of sp³-hybridized carbons (Fsp3) is 0.714. The van der Waals surface area contributed by atoms with E-state index in [4.69, 9.17) is 11.6 Å². The Bertz CT molecular complexity index is 117. The Labute approximate surface area is 67.8 Å². The van der Waals surface area contributed by atoms with Crippen LogP contribution in [0.2, 0.25) is 10.6 Å². The summed E-state index contributed by atoms with van der Waals surface area (Å²) in [6, 6.07) is 0. The van der Waals surface area contributed by atoms with Crippen LogP contribution < -0.4 is 0 Å². The zero-order valence-electron chi connectivity index (χ0n) is 5.61. The van der Waals surface area contributed by atoms with Crippen molar-refractivity contribution in [2.24, 2.45) is 0 Å². The van der Waals surface area contributed by atoms with E-state index >= 15 is 0 Å². The maximum absolute atomic E-state index is 5.85. The van der Waals surface area contributed by atoms with Crippen LogP contribution in [0.3, 0.4) is 0 Å². The molecule has 1 fully saturated rings. The number of rotatable bonds is 0. The Morgan fingerprint density at radius 3 is 2.78 bits per heavy atom. The molecule has 9 heavy (non-hydrogen) atoms. The average Bonchev–Trinajstić information content (AvgIpc) is 1.90. The van der Waals surface area contributed by atoms with E-state index in [2.05, 4.69) is 0 Å². The number of hydrogen-bond donors (Lipinski definition) is 0. The number of halogens is 1. The standard InChI is InChI=1S/C7H11ClSe/c1-6(8)7-3-2-4-9-5-7/h2-5H2,1H3/b7-6+. The van der Waals surface area contributed by atoms with E-state index in [1.807, 2.05) is 6.92 Å². The van der Waals surface area contributed by atoms with Gasteiger partial charge >= 0.3 is 67.6 Å². The molecule has 0 bridgehead atoms. The SMILES string of the molecule is C/C(Cl)=C1/CCC[Se]C1. The molecular weight excluding hydrogens is 198 g/mol. The van der Waals surface area contributed by atoms with Crippen molar-refractivity contribution in [3.8, 4) is 0 Å². The first-order chi connectivity index (χ1) is 4.30. The zero-order valence-corrected chi connectivity index (χ0v) is 8.08. The Balaban J connectivity index is 2.49. The van der Waals surface area contributed by atoms with Gasteiger partial charge in [-0.05, 0) is 0 Å². The van der Waals surface area contributed by atoms with E-state index in [1.165, 1.54) is 29.1 Å². The monoisotopic (exact) mass is 210 g/mol. The minimum absolute atomic E-state index is 0.865. The van der Waals surface area contributed by atoms with Crippen LogP contribution in [0.15, 0.2) is 10.6 Å². The van der Waals surface area contributed by atoms with Crippen molar-refractivity contribution < 1.29 is 0 Å². The predicted molar refractivity (Wildman–Crippen MR) is 43.2 cm³/mol. The molecule has 1 aliphatic heterocycles. The van der Waals surface area contributed by atoms with Crippen molar-refractivity contribution in [2.75, 3.05) is 0 Å². The Morgan fingerprint density at radius 1 is 1.67 bits per heavy atom. The molecule has 0 saturated carbocycles. The summed E-state index contributed by atoms with van der Waals surface area (Å²) in [6.45, 7) is 2.01. The van der Waals surface area contributed by atoms with Crippen molar-refractivity contribution in [1.82, 2.24) is 0 Å². The average molecular weight is 210 g/mol. The third-order valence-corrected chi connectivity index (χ3v) is 4.17. The molecule has 52 valence electrons. The van der Waals surface area contributed by atoms with Gasteiger partial charge in [-0.1, -0.05) is 0 Å². The molecule has 0 spiro atoms. The third-order valence-electron chi connectivity index (χ3n) is 1.53. The molecular formula is C7H11ClSe. The Hall–Kier alpha value is 0.549. The predicted octanol–water partition coefficient (Wildman–Crippen LogP) is 2.83. The molecule has 2 heteroatoms. The van der Waals surface area contributed by atoms with Gasteiger partial charge < -0.3 is 0 Å². The summed E-state index contributed by atoms with van der Waals surface area (Å²) in [5.41, 5.74) is 1.52. The van der Waals surface area contributed by atoms with Crippen LogP contribution in [-0.4, -0.2) is 15.0 Å². The van der Waals surface area contributed by atoms with Crippen LogP contribution in [-0.2, 0) is 0 Å². The van der Waals surface area contributed by atoms with Crippen molar-refractivity contribution in [3.05, 3.63) is 10.6 Å². The first kappa shape index (κ1) is 7.65. The molecule has 0 unspecified atom stereocenters. The van der Waals surface area contributed by atoms with Crippen molar-refractivity contribution in [3.63, 3.8) is 0 Å². The first-order valence-electron chi connectivity index (χ1n) is 3.22. The van der Waals surface area contributed by atoms with Gasteiger partial charge in [-0.15, -0.1) is 0 Å². The van der Waals surface area contributed by atoms with Crippen LogP contribution in [0.4, 0.5) is 0 Å². The van der Waals surface area contributed by atoms with Crippen LogP contribution in [0, 0.1) is 0 Å². The molecule has 0 nitrogen and oxygen atoms in total. The van der Waals surface area contributed by atoms with Gasteiger partial charge in [0.15, 0.2) is 0 Å². The van der Waals surface area contributed by atoms with Gasteiger partial charge in [0.25, 0.3) is 0 Å². The van der Waals surface area contributed by atoms with Crippen molar-refractivity contribution >= 4 is 26.6 Å². The summed E-state index contributed by atoms with van der Waals surface area (Å²) in [6.07, 6.45) is 2.64. The fourth-order valence-corrected chi connectivity index (χ4v) is 3.58. The number of hydrogen-bond acceptors (Lipinski definition) is 0. The molecule has 0 amide bonds. The topological polar surface area (TPSA) is 0 Å². The Kier molecular flexibility index (Phi) is 3.11. The summed E-state index contributed by atoms with van der Waals surface area (Å²) in [5.74, 6) is 0. The van der Waals surface area contributed by atoms with Crippen molar-refractivity contribution in [2.45, 2.75) is 30.4 Å². The summed E-state index contributed by atoms with van der Waals surface area (Å²) < 4.78 is 0. The zero-order chi connectivity index (χ0) is 6.69. The second-order valence-electron chi connectivity index (χ2n) is 2.29. The van der Waals surface area contributed by atoms with Gasteiger partial charge in [0.2, 0.25) is 0 Å². The first-order valence-corrected chi connectivity index (χ1v) is 6.02. The van der Waals surface area contributed by atoms with E-state index in [9.17, 15) is 0 Å². The molecule has 0 aromatic rings. The molecule has 0 aromatic carbocycles. The van der Waals surface area contributed by atoms with Crippen LogP contribution in [0.1, 0.15) is 19.8 Å². The molecule has 0 radical (unpaired) electrons. The quantitative estimate of drug-likeness (QED) is 0.538. The summed E-state index contributed by atoms with van der Waals surface area (Å²) in [7, 11) is 0. The third kappa shape index (κ3) is 2.33. The molecule has 0 aliphatic carbocycles. The normalized spacial score (nSPS) is 26.0. The molecule has 0 N–H and O–H groups in total. The molecule has 0 aromatic heterocycles. The van der Waals surface area contributed by atoms with Gasteiger partial charge in [-0.3, -0.25) is 0 Å². The van der Waals surface area contributed by atoms with E-state index in [0.29, 0.717) is 0 Å².